The van der Waals surface area contributed by atoms with Crippen molar-refractivity contribution in [3.05, 3.63) is 59.1 Å². The third kappa shape index (κ3) is 4.73. The molecule has 116 valence electrons. The normalized spacial score (nSPS) is 11.0. The lowest BCUT2D eigenvalue weighted by molar-refractivity contribution is 0.251. The molecule has 22 heavy (non-hydrogen) atoms. The molecular formula is C14H14ClN3O3S. The number of urea groups is 1. The summed E-state index contributed by atoms with van der Waals surface area (Å²) < 4.78 is 22.2. The molecule has 0 saturated carbocycles. The highest BCUT2D eigenvalue weighted by molar-refractivity contribution is 7.89. The summed E-state index contributed by atoms with van der Waals surface area (Å²) in [5, 5.41) is 10.9. The zero-order valence-electron chi connectivity index (χ0n) is 11.4. The molecule has 8 heteroatoms. The van der Waals surface area contributed by atoms with Crippen molar-refractivity contribution in [2.24, 2.45) is 5.14 Å². The van der Waals surface area contributed by atoms with Crippen LogP contribution in [0.15, 0.2) is 53.4 Å². The number of amides is 2. The van der Waals surface area contributed by atoms with Gasteiger partial charge in [0.05, 0.1) is 4.90 Å². The summed E-state index contributed by atoms with van der Waals surface area (Å²) in [6.45, 7) is 0.346. The van der Waals surface area contributed by atoms with Gasteiger partial charge in [-0.15, -0.1) is 0 Å². The number of nitrogens with one attached hydrogen (secondary N) is 2. The monoisotopic (exact) mass is 339 g/mol. The number of sulfonamides is 1. The predicted molar refractivity (Wildman–Crippen MR) is 85.1 cm³/mol. The van der Waals surface area contributed by atoms with Gasteiger partial charge >= 0.3 is 6.03 Å². The highest BCUT2D eigenvalue weighted by Crippen LogP contribution is 2.13. The van der Waals surface area contributed by atoms with Crippen LogP contribution in [0.25, 0.3) is 0 Å². The van der Waals surface area contributed by atoms with Crippen molar-refractivity contribution in [2.45, 2.75) is 11.4 Å². The van der Waals surface area contributed by atoms with Crippen LogP contribution in [0.3, 0.4) is 0 Å². The Morgan fingerprint density at radius 1 is 1.05 bits per heavy atom. The Balaban J connectivity index is 1.90. The Labute approximate surface area is 133 Å². The first-order chi connectivity index (χ1) is 10.3. The molecule has 0 aliphatic heterocycles. The number of hydrogen-bond acceptors (Lipinski definition) is 3. The fourth-order valence-corrected chi connectivity index (χ4v) is 2.33. The van der Waals surface area contributed by atoms with Crippen LogP contribution in [0.4, 0.5) is 10.5 Å². The summed E-state index contributed by atoms with van der Waals surface area (Å²) in [6.07, 6.45) is 0. The second-order valence-corrected chi connectivity index (χ2v) is 6.50. The van der Waals surface area contributed by atoms with Gasteiger partial charge in [-0.25, -0.2) is 18.4 Å². The van der Waals surface area contributed by atoms with Crippen LogP contribution >= 0.6 is 11.6 Å². The topological polar surface area (TPSA) is 101 Å². The second-order valence-electron chi connectivity index (χ2n) is 4.50. The van der Waals surface area contributed by atoms with Gasteiger partial charge in [0.25, 0.3) is 0 Å². The van der Waals surface area contributed by atoms with E-state index in [1.165, 1.54) is 24.3 Å². The van der Waals surface area contributed by atoms with Crippen molar-refractivity contribution in [2.75, 3.05) is 5.32 Å². The lowest BCUT2D eigenvalue weighted by Crippen LogP contribution is -2.28. The fourth-order valence-electron chi connectivity index (χ4n) is 1.69. The molecule has 6 nitrogen and oxygen atoms in total. The molecule has 0 heterocycles. The molecule has 0 aliphatic rings. The molecule has 0 spiro atoms. The molecular weight excluding hydrogens is 326 g/mol. The lowest BCUT2D eigenvalue weighted by Gasteiger charge is -2.08. The van der Waals surface area contributed by atoms with Crippen LogP contribution in [0.2, 0.25) is 5.02 Å². The standard InChI is InChI=1S/C14H14ClN3O3S/c15-11-3-1-10(2-4-11)9-17-14(19)18-12-5-7-13(8-6-12)22(16,20)21/h1-8H,9H2,(H2,16,20,21)(H2,17,18,19). The first-order valence-corrected chi connectivity index (χ1v) is 8.19. The number of halogens is 1. The summed E-state index contributed by atoms with van der Waals surface area (Å²) in [6, 6.07) is 12.3. The maximum atomic E-state index is 11.7. The first kappa shape index (κ1) is 16.3. The van der Waals surface area contributed by atoms with E-state index in [2.05, 4.69) is 10.6 Å². The van der Waals surface area contributed by atoms with Crippen LogP contribution in [0.5, 0.6) is 0 Å². The Morgan fingerprint density at radius 2 is 1.64 bits per heavy atom. The van der Waals surface area contributed by atoms with Gasteiger partial charge in [-0.05, 0) is 42.0 Å². The van der Waals surface area contributed by atoms with E-state index in [1.807, 2.05) is 12.1 Å². The van der Waals surface area contributed by atoms with Gasteiger partial charge in [0.1, 0.15) is 0 Å². The predicted octanol–water partition coefficient (Wildman–Crippen LogP) is 2.31. The van der Waals surface area contributed by atoms with Gasteiger partial charge in [-0.1, -0.05) is 23.7 Å². The molecule has 4 N–H and O–H groups in total. The van der Waals surface area contributed by atoms with Crippen LogP contribution in [-0.4, -0.2) is 14.4 Å². The quantitative estimate of drug-likeness (QED) is 0.796. The Hall–Kier alpha value is -2.09. The highest BCUT2D eigenvalue weighted by atomic mass is 35.5. The Kier molecular flexibility index (Phi) is 5.02. The summed E-state index contributed by atoms with van der Waals surface area (Å²) in [4.78, 5) is 11.7. The van der Waals surface area contributed by atoms with E-state index in [4.69, 9.17) is 16.7 Å². The lowest BCUT2D eigenvalue weighted by atomic mass is 10.2. The third-order valence-electron chi connectivity index (χ3n) is 2.81. The molecule has 0 aliphatic carbocycles. The summed E-state index contributed by atoms with van der Waals surface area (Å²) in [7, 11) is -3.74. The fraction of sp³-hybridized carbons (Fsp3) is 0.0714. The van der Waals surface area contributed by atoms with Gasteiger partial charge in [0, 0.05) is 17.3 Å². The van der Waals surface area contributed by atoms with E-state index < -0.39 is 16.1 Å². The maximum absolute atomic E-state index is 11.7. The van der Waals surface area contributed by atoms with E-state index in [9.17, 15) is 13.2 Å². The van der Waals surface area contributed by atoms with Crippen molar-refractivity contribution >= 4 is 33.3 Å². The average molecular weight is 340 g/mol. The van der Waals surface area contributed by atoms with Crippen molar-refractivity contribution in [1.29, 1.82) is 0 Å². The van der Waals surface area contributed by atoms with E-state index >= 15 is 0 Å². The number of benzene rings is 2. The number of rotatable bonds is 4. The van der Waals surface area contributed by atoms with E-state index in [1.54, 1.807) is 12.1 Å². The molecule has 2 amide bonds. The molecule has 2 aromatic rings. The Morgan fingerprint density at radius 3 is 2.18 bits per heavy atom. The van der Waals surface area contributed by atoms with Gasteiger partial charge < -0.3 is 10.6 Å². The molecule has 2 aromatic carbocycles. The molecule has 0 atom stereocenters. The van der Waals surface area contributed by atoms with E-state index in [0.29, 0.717) is 17.3 Å². The van der Waals surface area contributed by atoms with Crippen LogP contribution in [-0.2, 0) is 16.6 Å². The first-order valence-electron chi connectivity index (χ1n) is 6.27. The molecule has 0 radical (unpaired) electrons. The molecule has 2 rings (SSSR count). The number of carbonyl (C=O) groups is 1. The summed E-state index contributed by atoms with van der Waals surface area (Å²) >= 11 is 5.78. The minimum atomic E-state index is -3.74. The van der Waals surface area contributed by atoms with Crippen LogP contribution in [0.1, 0.15) is 5.56 Å². The molecule has 0 saturated heterocycles. The third-order valence-corrected chi connectivity index (χ3v) is 3.99. The zero-order chi connectivity index (χ0) is 16.2. The average Bonchev–Trinajstić information content (AvgIpc) is 2.46. The minimum absolute atomic E-state index is 0.0142. The summed E-state index contributed by atoms with van der Waals surface area (Å²) in [5.41, 5.74) is 1.37. The molecule has 0 unspecified atom stereocenters. The molecule has 0 aromatic heterocycles. The van der Waals surface area contributed by atoms with Crippen LogP contribution in [0, 0.1) is 0 Å². The highest BCUT2D eigenvalue weighted by Gasteiger charge is 2.07. The van der Waals surface area contributed by atoms with Crippen molar-refractivity contribution < 1.29 is 13.2 Å². The number of primary sulfonamides is 1. The SMILES string of the molecule is NS(=O)(=O)c1ccc(NC(=O)NCc2ccc(Cl)cc2)cc1. The van der Waals surface area contributed by atoms with Crippen molar-refractivity contribution in [1.82, 2.24) is 5.32 Å². The summed E-state index contributed by atoms with van der Waals surface area (Å²) in [5.74, 6) is 0. The number of anilines is 1. The molecule has 0 bridgehead atoms. The van der Waals surface area contributed by atoms with Crippen molar-refractivity contribution in [3.63, 3.8) is 0 Å². The number of carbonyl (C=O) groups excluding carboxylic acids is 1. The Bertz CT molecular complexity index is 759. The van der Waals surface area contributed by atoms with E-state index in [-0.39, 0.29) is 4.90 Å². The second kappa shape index (κ2) is 6.78. The molecule has 0 fully saturated rings. The van der Waals surface area contributed by atoms with Gasteiger partial charge in [-0.3, -0.25) is 0 Å². The van der Waals surface area contributed by atoms with Crippen LogP contribution < -0.4 is 15.8 Å². The largest absolute Gasteiger partial charge is 0.334 e. The van der Waals surface area contributed by atoms with E-state index in [0.717, 1.165) is 5.56 Å². The van der Waals surface area contributed by atoms with Crippen molar-refractivity contribution in [3.8, 4) is 0 Å². The minimum Gasteiger partial charge on any atom is -0.334 e. The zero-order valence-corrected chi connectivity index (χ0v) is 13.0. The maximum Gasteiger partial charge on any atom is 0.319 e. The van der Waals surface area contributed by atoms with Gasteiger partial charge in [0.15, 0.2) is 0 Å². The van der Waals surface area contributed by atoms with Gasteiger partial charge in [-0.2, -0.15) is 0 Å². The van der Waals surface area contributed by atoms with Gasteiger partial charge in [0.2, 0.25) is 10.0 Å². The number of hydrogen-bond donors (Lipinski definition) is 3. The number of nitrogens with two attached hydrogens (primary N) is 1. The smallest absolute Gasteiger partial charge is 0.319 e.